The molecule has 0 aliphatic carbocycles. The van der Waals surface area contributed by atoms with Crippen molar-refractivity contribution in [2.45, 2.75) is 6.42 Å². The van der Waals surface area contributed by atoms with Crippen molar-refractivity contribution in [1.29, 1.82) is 0 Å². The van der Waals surface area contributed by atoms with E-state index in [9.17, 15) is 9.90 Å². The van der Waals surface area contributed by atoms with E-state index < -0.39 is 0 Å². The Bertz CT molecular complexity index is 422. The van der Waals surface area contributed by atoms with Crippen LogP contribution in [0.15, 0.2) is 18.2 Å². The van der Waals surface area contributed by atoms with Crippen molar-refractivity contribution in [2.75, 3.05) is 18.1 Å². The molecule has 1 heterocycles. The lowest BCUT2D eigenvalue weighted by Gasteiger charge is -2.18. The number of benzene rings is 1. The van der Waals surface area contributed by atoms with E-state index in [-0.39, 0.29) is 24.2 Å². The van der Waals surface area contributed by atoms with Gasteiger partial charge in [0.05, 0.1) is 10.7 Å². The van der Waals surface area contributed by atoms with E-state index >= 15 is 0 Å². The van der Waals surface area contributed by atoms with Crippen molar-refractivity contribution in [3.63, 3.8) is 0 Å². The second-order valence-corrected chi connectivity index (χ2v) is 4.30. The molecular formula is C11H12ClNO3. The maximum Gasteiger partial charge on any atom is 0.227 e. The molecule has 1 amide bonds. The molecule has 2 rings (SSSR count). The fourth-order valence-electron chi connectivity index (χ4n) is 1.84. The van der Waals surface area contributed by atoms with Crippen molar-refractivity contribution < 1.29 is 15.0 Å². The molecule has 1 atom stereocenters. The van der Waals surface area contributed by atoms with Crippen molar-refractivity contribution >= 4 is 23.2 Å². The van der Waals surface area contributed by atoms with Gasteiger partial charge in [0.1, 0.15) is 5.75 Å². The van der Waals surface area contributed by atoms with Crippen LogP contribution in [0.3, 0.4) is 0 Å². The van der Waals surface area contributed by atoms with Gasteiger partial charge in [0.2, 0.25) is 5.91 Å². The number of aliphatic hydroxyl groups is 1. The third kappa shape index (κ3) is 1.99. The molecule has 0 saturated carbocycles. The lowest BCUT2D eigenvalue weighted by molar-refractivity contribution is -0.117. The number of halogens is 1. The van der Waals surface area contributed by atoms with Gasteiger partial charge < -0.3 is 15.1 Å². The molecule has 0 radical (unpaired) electrons. The van der Waals surface area contributed by atoms with Crippen molar-refractivity contribution in [1.82, 2.24) is 0 Å². The predicted octanol–water partition coefficient (Wildman–Crippen LogP) is 1.39. The number of carbonyl (C=O) groups is 1. The first kappa shape index (κ1) is 11.2. The van der Waals surface area contributed by atoms with E-state index in [1.54, 1.807) is 6.07 Å². The zero-order chi connectivity index (χ0) is 11.7. The lowest BCUT2D eigenvalue weighted by atomic mass is 10.1. The third-order valence-electron chi connectivity index (χ3n) is 2.68. The van der Waals surface area contributed by atoms with Crippen LogP contribution in [0, 0.1) is 5.92 Å². The average molecular weight is 242 g/mol. The van der Waals surface area contributed by atoms with Crippen LogP contribution in [0.2, 0.25) is 5.02 Å². The van der Waals surface area contributed by atoms with Crippen LogP contribution in [0.5, 0.6) is 5.75 Å². The highest BCUT2D eigenvalue weighted by Crippen LogP contribution is 2.33. The maximum absolute atomic E-state index is 11.7. The van der Waals surface area contributed by atoms with Crippen LogP contribution < -0.4 is 4.90 Å². The SMILES string of the molecule is O=C1CC(CO)CN1c1cc(O)ccc1Cl. The Hall–Kier alpha value is -1.26. The van der Waals surface area contributed by atoms with Gasteiger partial charge in [0.15, 0.2) is 0 Å². The van der Waals surface area contributed by atoms with Crippen LogP contribution in [0.4, 0.5) is 5.69 Å². The number of phenolic OH excluding ortho intramolecular Hbond substituents is 1. The highest BCUT2D eigenvalue weighted by atomic mass is 35.5. The Morgan fingerprint density at radius 3 is 2.88 bits per heavy atom. The molecule has 86 valence electrons. The zero-order valence-corrected chi connectivity index (χ0v) is 9.31. The fourth-order valence-corrected chi connectivity index (χ4v) is 2.06. The smallest absolute Gasteiger partial charge is 0.227 e. The van der Waals surface area contributed by atoms with E-state index in [1.165, 1.54) is 17.0 Å². The van der Waals surface area contributed by atoms with Gasteiger partial charge in [0.25, 0.3) is 0 Å². The van der Waals surface area contributed by atoms with E-state index in [1.807, 2.05) is 0 Å². The second-order valence-electron chi connectivity index (χ2n) is 3.89. The molecular weight excluding hydrogens is 230 g/mol. The number of rotatable bonds is 2. The molecule has 1 aromatic carbocycles. The molecule has 1 aliphatic heterocycles. The fraction of sp³-hybridized carbons (Fsp3) is 0.364. The molecule has 0 bridgehead atoms. The van der Waals surface area contributed by atoms with Crippen molar-refractivity contribution in [3.05, 3.63) is 23.2 Å². The molecule has 16 heavy (non-hydrogen) atoms. The minimum Gasteiger partial charge on any atom is -0.508 e. The van der Waals surface area contributed by atoms with E-state index in [0.29, 0.717) is 23.7 Å². The highest BCUT2D eigenvalue weighted by molar-refractivity contribution is 6.34. The molecule has 1 aliphatic rings. The number of carbonyl (C=O) groups excluding carboxylic acids is 1. The first-order valence-corrected chi connectivity index (χ1v) is 5.39. The number of aliphatic hydroxyl groups excluding tert-OH is 1. The third-order valence-corrected chi connectivity index (χ3v) is 3.00. The van der Waals surface area contributed by atoms with Crippen LogP contribution in [-0.2, 0) is 4.79 Å². The standard InChI is InChI=1S/C11H12ClNO3/c12-9-2-1-8(15)4-10(9)13-5-7(6-14)3-11(13)16/h1-2,4,7,14-15H,3,5-6H2. The largest absolute Gasteiger partial charge is 0.508 e. The summed E-state index contributed by atoms with van der Waals surface area (Å²) in [5.74, 6) is -0.0582. The summed E-state index contributed by atoms with van der Waals surface area (Å²) in [5.41, 5.74) is 0.502. The number of aromatic hydroxyl groups is 1. The van der Waals surface area contributed by atoms with Crippen LogP contribution in [0.25, 0.3) is 0 Å². The summed E-state index contributed by atoms with van der Waals surface area (Å²) in [6, 6.07) is 4.47. The van der Waals surface area contributed by atoms with Crippen molar-refractivity contribution in [2.24, 2.45) is 5.92 Å². The minimum absolute atomic E-state index is 0.0152. The minimum atomic E-state index is -0.0773. The van der Waals surface area contributed by atoms with Crippen LogP contribution in [-0.4, -0.2) is 29.3 Å². The molecule has 2 N–H and O–H groups in total. The summed E-state index contributed by atoms with van der Waals surface area (Å²) >= 11 is 5.96. The molecule has 0 aromatic heterocycles. The van der Waals surface area contributed by atoms with Gasteiger partial charge in [-0.3, -0.25) is 4.79 Å². The van der Waals surface area contributed by atoms with Gasteiger partial charge in [0, 0.05) is 31.6 Å². The molecule has 5 heteroatoms. The molecule has 0 spiro atoms. The number of amides is 1. The first-order valence-electron chi connectivity index (χ1n) is 5.01. The Morgan fingerprint density at radius 1 is 1.50 bits per heavy atom. The van der Waals surface area contributed by atoms with Gasteiger partial charge in [-0.15, -0.1) is 0 Å². The molecule has 1 aromatic rings. The monoisotopic (exact) mass is 241 g/mol. The number of anilines is 1. The number of hydrogen-bond acceptors (Lipinski definition) is 3. The molecule has 1 saturated heterocycles. The number of phenols is 1. The second kappa shape index (κ2) is 4.31. The van der Waals surface area contributed by atoms with Gasteiger partial charge in [-0.05, 0) is 12.1 Å². The quantitative estimate of drug-likeness (QED) is 0.823. The Labute approximate surface area is 98.1 Å². The topological polar surface area (TPSA) is 60.8 Å². The van der Waals surface area contributed by atoms with Gasteiger partial charge in [-0.1, -0.05) is 11.6 Å². The Kier molecular flexibility index (Phi) is 3.03. The maximum atomic E-state index is 11.7. The lowest BCUT2D eigenvalue weighted by Crippen LogP contribution is -2.25. The summed E-state index contributed by atoms with van der Waals surface area (Å²) in [6.07, 6.45) is 0.322. The summed E-state index contributed by atoms with van der Waals surface area (Å²) < 4.78 is 0. The Morgan fingerprint density at radius 2 is 2.25 bits per heavy atom. The average Bonchev–Trinajstić information content (AvgIpc) is 2.63. The van der Waals surface area contributed by atoms with E-state index in [2.05, 4.69) is 0 Å². The van der Waals surface area contributed by atoms with E-state index in [0.717, 1.165) is 0 Å². The van der Waals surface area contributed by atoms with Gasteiger partial charge >= 0.3 is 0 Å². The highest BCUT2D eigenvalue weighted by Gasteiger charge is 2.31. The summed E-state index contributed by atoms with van der Waals surface area (Å²) in [7, 11) is 0. The van der Waals surface area contributed by atoms with Gasteiger partial charge in [-0.25, -0.2) is 0 Å². The summed E-state index contributed by atoms with van der Waals surface area (Å²) in [5, 5.41) is 18.8. The van der Waals surface area contributed by atoms with Crippen LogP contribution in [0.1, 0.15) is 6.42 Å². The van der Waals surface area contributed by atoms with Gasteiger partial charge in [-0.2, -0.15) is 0 Å². The van der Waals surface area contributed by atoms with Crippen molar-refractivity contribution in [3.8, 4) is 5.75 Å². The summed E-state index contributed by atoms with van der Waals surface area (Å²) in [4.78, 5) is 13.2. The first-order chi connectivity index (χ1) is 7.61. The zero-order valence-electron chi connectivity index (χ0n) is 8.56. The van der Waals surface area contributed by atoms with Crippen LogP contribution >= 0.6 is 11.6 Å². The molecule has 1 fully saturated rings. The summed E-state index contributed by atoms with van der Waals surface area (Å²) in [6.45, 7) is 0.428. The normalized spacial score (nSPS) is 20.5. The number of hydrogen-bond donors (Lipinski definition) is 2. The number of nitrogens with zero attached hydrogens (tertiary/aromatic N) is 1. The Balaban J connectivity index is 2.30. The van der Waals surface area contributed by atoms with E-state index in [4.69, 9.17) is 16.7 Å². The molecule has 4 nitrogen and oxygen atoms in total. The predicted molar refractivity (Wildman–Crippen MR) is 60.7 cm³/mol. The molecule has 1 unspecified atom stereocenters.